The van der Waals surface area contributed by atoms with Gasteiger partial charge in [-0.05, 0) is 20.8 Å². The van der Waals surface area contributed by atoms with Gasteiger partial charge in [-0.25, -0.2) is 0 Å². The molecule has 0 radical (unpaired) electrons. The topological polar surface area (TPSA) is 103 Å². The van der Waals surface area contributed by atoms with E-state index >= 15 is 0 Å². The van der Waals surface area contributed by atoms with Crippen LogP contribution in [0.4, 0.5) is 0 Å². The first-order valence-corrected chi connectivity index (χ1v) is 7.64. The van der Waals surface area contributed by atoms with E-state index in [2.05, 4.69) is 10.2 Å². The van der Waals surface area contributed by atoms with Gasteiger partial charge >= 0.3 is 0 Å². The van der Waals surface area contributed by atoms with Gasteiger partial charge in [0.1, 0.15) is 5.69 Å². The zero-order valence-electron chi connectivity index (χ0n) is 12.3. The molecule has 2 rings (SSSR count). The Balaban J connectivity index is 1.98. The first-order valence-electron chi connectivity index (χ1n) is 6.66. The Morgan fingerprint density at radius 2 is 2.00 bits per heavy atom. The molecule has 1 saturated heterocycles. The summed E-state index contributed by atoms with van der Waals surface area (Å²) in [7, 11) is 0. The summed E-state index contributed by atoms with van der Waals surface area (Å²) in [5, 5.41) is 7.80. The van der Waals surface area contributed by atoms with Crippen LogP contribution in [0.25, 0.3) is 0 Å². The third kappa shape index (κ3) is 3.73. The number of thioether (sulfide) groups is 1. The Kier molecular flexibility index (Phi) is 4.84. The molecule has 21 heavy (non-hydrogen) atoms. The van der Waals surface area contributed by atoms with E-state index in [0.29, 0.717) is 13.1 Å². The summed E-state index contributed by atoms with van der Waals surface area (Å²) < 4.78 is 6.51. The number of morpholine rings is 1. The summed E-state index contributed by atoms with van der Waals surface area (Å²) in [6, 6.07) is 0. The predicted octanol–water partition coefficient (Wildman–Crippen LogP) is -0.612. The molecule has 0 spiro atoms. The lowest BCUT2D eigenvalue weighted by Gasteiger charge is -2.35. The number of ether oxygens (including phenoxy) is 1. The average molecular weight is 313 g/mol. The van der Waals surface area contributed by atoms with Crippen LogP contribution >= 0.6 is 11.8 Å². The second-order valence-corrected chi connectivity index (χ2v) is 6.03. The molecule has 1 aliphatic heterocycles. The molecule has 1 fully saturated rings. The van der Waals surface area contributed by atoms with Crippen LogP contribution in [0.15, 0.2) is 9.95 Å². The van der Waals surface area contributed by atoms with Crippen LogP contribution < -0.4 is 11.4 Å². The monoisotopic (exact) mass is 313 g/mol. The molecule has 0 saturated carbocycles. The van der Waals surface area contributed by atoms with Crippen molar-refractivity contribution in [3.05, 3.63) is 16.0 Å². The van der Waals surface area contributed by atoms with Crippen molar-refractivity contribution in [3.8, 4) is 0 Å². The standard InChI is InChI=1S/C12H19N5O3S/c1-7-4-16(5-8(2)20-7)10(18)6-21-12-15-14-9(3)11(19)17(12)13/h7-8H,4-6,13H2,1-3H3/t7-,8-/m0/s1. The van der Waals surface area contributed by atoms with Crippen molar-refractivity contribution < 1.29 is 9.53 Å². The molecule has 1 aromatic rings. The molecule has 0 aromatic carbocycles. The quantitative estimate of drug-likeness (QED) is 0.586. The fourth-order valence-corrected chi connectivity index (χ4v) is 2.92. The van der Waals surface area contributed by atoms with Gasteiger partial charge < -0.3 is 15.5 Å². The molecule has 116 valence electrons. The van der Waals surface area contributed by atoms with Crippen molar-refractivity contribution in [2.45, 2.75) is 38.1 Å². The minimum atomic E-state index is -0.409. The molecular weight excluding hydrogens is 294 g/mol. The average Bonchev–Trinajstić information content (AvgIpc) is 2.42. The van der Waals surface area contributed by atoms with E-state index in [1.165, 1.54) is 6.92 Å². The lowest BCUT2D eigenvalue weighted by molar-refractivity contribution is -0.140. The van der Waals surface area contributed by atoms with Gasteiger partial charge in [-0.15, -0.1) is 10.2 Å². The van der Waals surface area contributed by atoms with Crippen molar-refractivity contribution in [2.75, 3.05) is 24.7 Å². The van der Waals surface area contributed by atoms with Crippen molar-refractivity contribution in [1.29, 1.82) is 0 Å². The van der Waals surface area contributed by atoms with Crippen LogP contribution in [0.3, 0.4) is 0 Å². The van der Waals surface area contributed by atoms with Crippen molar-refractivity contribution >= 4 is 17.7 Å². The molecule has 9 heteroatoms. The van der Waals surface area contributed by atoms with E-state index < -0.39 is 5.56 Å². The van der Waals surface area contributed by atoms with E-state index in [0.717, 1.165) is 16.4 Å². The van der Waals surface area contributed by atoms with E-state index in [4.69, 9.17) is 10.6 Å². The van der Waals surface area contributed by atoms with Crippen molar-refractivity contribution in [1.82, 2.24) is 19.8 Å². The first-order chi connectivity index (χ1) is 9.88. The summed E-state index contributed by atoms with van der Waals surface area (Å²) in [6.45, 7) is 6.55. The lowest BCUT2D eigenvalue weighted by atomic mass is 10.2. The third-order valence-electron chi connectivity index (χ3n) is 3.12. The van der Waals surface area contributed by atoms with Gasteiger partial charge in [-0.1, -0.05) is 11.8 Å². The molecule has 1 amide bonds. The summed E-state index contributed by atoms with van der Waals surface area (Å²) in [5.41, 5.74) is -0.183. The molecule has 2 atom stereocenters. The van der Waals surface area contributed by atoms with Gasteiger partial charge in [0.15, 0.2) is 0 Å². The number of hydrogen-bond donors (Lipinski definition) is 1. The predicted molar refractivity (Wildman–Crippen MR) is 78.5 cm³/mol. The fraction of sp³-hybridized carbons (Fsp3) is 0.667. The van der Waals surface area contributed by atoms with Gasteiger partial charge in [0.2, 0.25) is 11.1 Å². The number of aromatic nitrogens is 3. The Labute approximate surface area is 126 Å². The molecule has 2 heterocycles. The maximum atomic E-state index is 12.2. The molecule has 2 N–H and O–H groups in total. The largest absolute Gasteiger partial charge is 0.372 e. The van der Waals surface area contributed by atoms with Gasteiger partial charge in [-0.3, -0.25) is 9.59 Å². The number of nitrogens with zero attached hydrogens (tertiary/aromatic N) is 4. The van der Waals surface area contributed by atoms with E-state index in [1.54, 1.807) is 4.90 Å². The Morgan fingerprint density at radius 1 is 1.38 bits per heavy atom. The minimum absolute atomic E-state index is 0.0227. The van der Waals surface area contributed by atoms with Crippen molar-refractivity contribution in [3.63, 3.8) is 0 Å². The number of nitrogens with two attached hydrogens (primary N) is 1. The highest BCUT2D eigenvalue weighted by Crippen LogP contribution is 2.15. The van der Waals surface area contributed by atoms with Gasteiger partial charge in [0.25, 0.3) is 5.56 Å². The highest BCUT2D eigenvalue weighted by molar-refractivity contribution is 7.99. The molecule has 0 unspecified atom stereocenters. The van der Waals surface area contributed by atoms with Gasteiger partial charge in [0, 0.05) is 13.1 Å². The van der Waals surface area contributed by atoms with E-state index in [1.807, 2.05) is 13.8 Å². The van der Waals surface area contributed by atoms with Crippen LogP contribution in [-0.4, -0.2) is 56.7 Å². The summed E-state index contributed by atoms with van der Waals surface area (Å²) in [5.74, 6) is 5.76. The molecule has 1 aromatic heterocycles. The normalized spacial score (nSPS) is 22.3. The lowest BCUT2D eigenvalue weighted by Crippen LogP contribution is -2.48. The highest BCUT2D eigenvalue weighted by atomic mass is 32.2. The number of amides is 1. The molecular formula is C12H19N5O3S. The Morgan fingerprint density at radius 3 is 2.62 bits per heavy atom. The summed E-state index contributed by atoms with van der Waals surface area (Å²) in [6.07, 6.45) is 0.0455. The van der Waals surface area contributed by atoms with Gasteiger partial charge in [-0.2, -0.15) is 4.68 Å². The van der Waals surface area contributed by atoms with Crippen molar-refractivity contribution in [2.24, 2.45) is 0 Å². The van der Waals surface area contributed by atoms with Crippen LogP contribution in [-0.2, 0) is 9.53 Å². The second kappa shape index (κ2) is 6.44. The van der Waals surface area contributed by atoms with Crippen LogP contribution in [0.2, 0.25) is 0 Å². The molecule has 8 nitrogen and oxygen atoms in total. The number of rotatable bonds is 3. The molecule has 0 aliphatic carbocycles. The maximum Gasteiger partial charge on any atom is 0.294 e. The Bertz CT molecular complexity index is 581. The van der Waals surface area contributed by atoms with Crippen LogP contribution in [0.1, 0.15) is 19.5 Å². The number of nitrogen functional groups attached to an aromatic ring is 1. The van der Waals surface area contributed by atoms with E-state index in [-0.39, 0.29) is 34.7 Å². The first kappa shape index (κ1) is 15.8. The van der Waals surface area contributed by atoms with E-state index in [9.17, 15) is 9.59 Å². The SMILES string of the molecule is Cc1nnc(SCC(=O)N2C[C@H](C)O[C@@H](C)C2)n(N)c1=O. The highest BCUT2D eigenvalue weighted by Gasteiger charge is 2.26. The number of aryl methyl sites for hydroxylation is 1. The smallest absolute Gasteiger partial charge is 0.294 e. The third-order valence-corrected chi connectivity index (χ3v) is 4.04. The zero-order chi connectivity index (χ0) is 15.6. The zero-order valence-corrected chi connectivity index (χ0v) is 13.1. The number of carbonyl (C=O) groups excluding carboxylic acids is 1. The summed E-state index contributed by atoms with van der Waals surface area (Å²) >= 11 is 1.11. The fourth-order valence-electron chi connectivity index (χ4n) is 2.17. The number of hydrogen-bond acceptors (Lipinski definition) is 7. The van der Waals surface area contributed by atoms with Crippen LogP contribution in [0, 0.1) is 6.92 Å². The minimum Gasteiger partial charge on any atom is -0.372 e. The summed E-state index contributed by atoms with van der Waals surface area (Å²) in [4.78, 5) is 25.6. The maximum absolute atomic E-state index is 12.2. The Hall–Kier alpha value is -1.61. The molecule has 1 aliphatic rings. The van der Waals surface area contributed by atoms with Gasteiger partial charge in [0.05, 0.1) is 18.0 Å². The second-order valence-electron chi connectivity index (χ2n) is 5.09. The number of carbonyl (C=O) groups is 1. The molecule has 0 bridgehead atoms. The van der Waals surface area contributed by atoms with Crippen LogP contribution in [0.5, 0.6) is 0 Å².